The third-order valence-electron chi connectivity index (χ3n) is 5.09. The second-order valence-corrected chi connectivity index (χ2v) is 6.29. The Bertz CT molecular complexity index is 215. The summed E-state index contributed by atoms with van der Waals surface area (Å²) in [4.78, 5) is 2.81. The van der Waals surface area contributed by atoms with E-state index in [-0.39, 0.29) is 0 Å². The summed E-state index contributed by atoms with van der Waals surface area (Å²) in [5.74, 6) is 1.04. The Morgan fingerprint density at radius 3 is 2.33 bits per heavy atom. The second-order valence-electron chi connectivity index (χ2n) is 6.29. The summed E-state index contributed by atoms with van der Waals surface area (Å²) in [6.45, 7) is 8.39. The molecule has 1 saturated carbocycles. The first-order chi connectivity index (χ1) is 8.85. The maximum absolute atomic E-state index is 3.58. The van der Waals surface area contributed by atoms with Crippen LogP contribution in [0.1, 0.15) is 65.2 Å². The number of hydrogen-bond donors (Lipinski definition) is 1. The van der Waals surface area contributed by atoms with Gasteiger partial charge >= 0.3 is 0 Å². The van der Waals surface area contributed by atoms with Crippen LogP contribution in [0.2, 0.25) is 0 Å². The van der Waals surface area contributed by atoms with Crippen LogP contribution >= 0.6 is 0 Å². The minimum Gasteiger partial charge on any atom is -0.315 e. The molecule has 1 N–H and O–H groups in total. The zero-order valence-electron chi connectivity index (χ0n) is 12.5. The van der Waals surface area contributed by atoms with Crippen LogP contribution in [0.25, 0.3) is 0 Å². The van der Waals surface area contributed by atoms with Gasteiger partial charge in [-0.15, -0.1) is 0 Å². The molecule has 2 fully saturated rings. The third kappa shape index (κ3) is 3.71. The van der Waals surface area contributed by atoms with Gasteiger partial charge in [-0.3, -0.25) is 4.90 Å². The lowest BCUT2D eigenvalue weighted by atomic mass is 9.82. The lowest BCUT2D eigenvalue weighted by Crippen LogP contribution is -2.51. The Labute approximate surface area is 114 Å². The standard InChI is InChI=1S/C16H32N2/c1-3-6-14-8-10-15(11-9-14)18(4-2)16-7-5-12-17-13-16/h14-17H,3-13H2,1-2H3. The summed E-state index contributed by atoms with van der Waals surface area (Å²) in [6.07, 6.45) is 11.5. The van der Waals surface area contributed by atoms with Crippen molar-refractivity contribution in [1.29, 1.82) is 0 Å². The molecule has 0 radical (unpaired) electrons. The van der Waals surface area contributed by atoms with E-state index < -0.39 is 0 Å². The highest BCUT2D eigenvalue weighted by atomic mass is 15.2. The van der Waals surface area contributed by atoms with E-state index in [2.05, 4.69) is 24.1 Å². The largest absolute Gasteiger partial charge is 0.315 e. The molecule has 18 heavy (non-hydrogen) atoms. The summed E-state index contributed by atoms with van der Waals surface area (Å²) in [6, 6.07) is 1.70. The van der Waals surface area contributed by atoms with Gasteiger partial charge in [-0.2, -0.15) is 0 Å². The maximum Gasteiger partial charge on any atom is 0.0223 e. The van der Waals surface area contributed by atoms with Crippen molar-refractivity contribution in [2.45, 2.75) is 77.3 Å². The molecule has 1 aliphatic carbocycles. The molecule has 0 aromatic heterocycles. The molecule has 106 valence electrons. The minimum absolute atomic E-state index is 0.816. The first kappa shape index (κ1) is 14.3. The van der Waals surface area contributed by atoms with Crippen LogP contribution in [-0.2, 0) is 0 Å². The maximum atomic E-state index is 3.58. The first-order valence-corrected chi connectivity index (χ1v) is 8.31. The quantitative estimate of drug-likeness (QED) is 0.806. The molecule has 0 aromatic carbocycles. The molecule has 1 aliphatic heterocycles. The van der Waals surface area contributed by atoms with Crippen LogP contribution < -0.4 is 5.32 Å². The molecule has 0 spiro atoms. The number of nitrogens with zero attached hydrogens (tertiary/aromatic N) is 1. The van der Waals surface area contributed by atoms with Gasteiger partial charge in [0.15, 0.2) is 0 Å². The van der Waals surface area contributed by atoms with E-state index in [4.69, 9.17) is 0 Å². The highest BCUT2D eigenvalue weighted by Gasteiger charge is 2.29. The normalized spacial score (nSPS) is 33.8. The van der Waals surface area contributed by atoms with Crippen LogP contribution in [0.3, 0.4) is 0 Å². The van der Waals surface area contributed by atoms with Gasteiger partial charge in [0.25, 0.3) is 0 Å². The van der Waals surface area contributed by atoms with Gasteiger partial charge < -0.3 is 5.32 Å². The molecule has 1 heterocycles. The zero-order chi connectivity index (χ0) is 12.8. The predicted molar refractivity (Wildman–Crippen MR) is 78.9 cm³/mol. The van der Waals surface area contributed by atoms with Gasteiger partial charge in [0.05, 0.1) is 0 Å². The lowest BCUT2D eigenvalue weighted by Gasteiger charge is -2.42. The zero-order valence-corrected chi connectivity index (χ0v) is 12.5. The summed E-state index contributed by atoms with van der Waals surface area (Å²) < 4.78 is 0. The van der Waals surface area contributed by atoms with Gasteiger partial charge in [0.1, 0.15) is 0 Å². The molecule has 2 nitrogen and oxygen atoms in total. The Morgan fingerprint density at radius 2 is 1.78 bits per heavy atom. The van der Waals surface area contributed by atoms with Gasteiger partial charge in [0.2, 0.25) is 0 Å². The molecule has 1 atom stereocenters. The lowest BCUT2D eigenvalue weighted by molar-refractivity contribution is 0.0809. The highest BCUT2D eigenvalue weighted by Crippen LogP contribution is 2.31. The van der Waals surface area contributed by atoms with Crippen molar-refractivity contribution in [2.75, 3.05) is 19.6 Å². The van der Waals surface area contributed by atoms with Crippen molar-refractivity contribution in [3.8, 4) is 0 Å². The average Bonchev–Trinajstić information content (AvgIpc) is 2.43. The molecule has 2 rings (SSSR count). The van der Waals surface area contributed by atoms with Crippen molar-refractivity contribution in [3.63, 3.8) is 0 Å². The monoisotopic (exact) mass is 252 g/mol. The first-order valence-electron chi connectivity index (χ1n) is 8.31. The molecule has 0 amide bonds. The smallest absolute Gasteiger partial charge is 0.0223 e. The molecule has 2 aliphatic rings. The average molecular weight is 252 g/mol. The summed E-state index contributed by atoms with van der Waals surface area (Å²) >= 11 is 0. The number of likely N-dealkylation sites (N-methyl/N-ethyl adjacent to an activating group) is 1. The van der Waals surface area contributed by atoms with Crippen LogP contribution in [0.5, 0.6) is 0 Å². The summed E-state index contributed by atoms with van der Waals surface area (Å²) in [5, 5.41) is 3.58. The van der Waals surface area contributed by atoms with Crippen molar-refractivity contribution in [2.24, 2.45) is 5.92 Å². The van der Waals surface area contributed by atoms with E-state index >= 15 is 0 Å². The molecule has 2 heteroatoms. The fraction of sp³-hybridized carbons (Fsp3) is 1.00. The van der Waals surface area contributed by atoms with E-state index in [0.29, 0.717) is 0 Å². The van der Waals surface area contributed by atoms with E-state index in [9.17, 15) is 0 Å². The number of hydrogen-bond acceptors (Lipinski definition) is 2. The fourth-order valence-electron chi connectivity index (χ4n) is 4.10. The summed E-state index contributed by atoms with van der Waals surface area (Å²) in [5.41, 5.74) is 0. The molecule has 0 bridgehead atoms. The van der Waals surface area contributed by atoms with Gasteiger partial charge in [0, 0.05) is 18.6 Å². The van der Waals surface area contributed by atoms with Crippen LogP contribution in [0.4, 0.5) is 0 Å². The second kappa shape index (κ2) is 7.49. The van der Waals surface area contributed by atoms with Crippen molar-refractivity contribution in [1.82, 2.24) is 10.2 Å². The van der Waals surface area contributed by atoms with Crippen LogP contribution in [0.15, 0.2) is 0 Å². The minimum atomic E-state index is 0.816. The van der Waals surface area contributed by atoms with E-state index in [1.807, 2.05) is 0 Å². The van der Waals surface area contributed by atoms with Crippen LogP contribution in [0, 0.1) is 5.92 Å². The Hall–Kier alpha value is -0.0800. The predicted octanol–water partition coefficient (Wildman–Crippen LogP) is 3.42. The number of piperidine rings is 1. The highest BCUT2D eigenvalue weighted by molar-refractivity contribution is 4.86. The fourth-order valence-corrected chi connectivity index (χ4v) is 4.10. The van der Waals surface area contributed by atoms with Gasteiger partial charge in [-0.25, -0.2) is 0 Å². The van der Waals surface area contributed by atoms with E-state index in [1.54, 1.807) is 0 Å². The van der Waals surface area contributed by atoms with Crippen molar-refractivity contribution < 1.29 is 0 Å². The Kier molecular flexibility index (Phi) is 5.97. The summed E-state index contributed by atoms with van der Waals surface area (Å²) in [7, 11) is 0. The van der Waals surface area contributed by atoms with Crippen LogP contribution in [-0.4, -0.2) is 36.6 Å². The van der Waals surface area contributed by atoms with Crippen molar-refractivity contribution >= 4 is 0 Å². The molecule has 0 aromatic rings. The van der Waals surface area contributed by atoms with E-state index in [1.165, 1.54) is 71.0 Å². The third-order valence-corrected chi connectivity index (χ3v) is 5.09. The molecular weight excluding hydrogens is 220 g/mol. The topological polar surface area (TPSA) is 15.3 Å². The number of nitrogens with one attached hydrogen (secondary N) is 1. The van der Waals surface area contributed by atoms with Gasteiger partial charge in [-0.1, -0.05) is 26.7 Å². The Morgan fingerprint density at radius 1 is 1.00 bits per heavy atom. The molecular formula is C16H32N2. The molecule has 1 unspecified atom stereocenters. The van der Waals surface area contributed by atoms with Crippen molar-refractivity contribution in [3.05, 3.63) is 0 Å². The molecule has 1 saturated heterocycles. The van der Waals surface area contributed by atoms with Gasteiger partial charge in [-0.05, 0) is 57.5 Å². The SMILES string of the molecule is CCCC1CCC(N(CC)C2CCCNC2)CC1. The number of rotatable bonds is 5. The Balaban J connectivity index is 1.81. The van der Waals surface area contributed by atoms with E-state index in [0.717, 1.165) is 18.0 Å².